The Morgan fingerprint density at radius 3 is 2.04 bits per heavy atom. The van der Waals surface area contributed by atoms with Gasteiger partial charge in [0.15, 0.2) is 0 Å². The van der Waals surface area contributed by atoms with Crippen molar-refractivity contribution < 1.29 is 42.5 Å². The molecule has 2 aromatic rings. The van der Waals surface area contributed by atoms with Crippen molar-refractivity contribution in [2.24, 2.45) is 0 Å². The van der Waals surface area contributed by atoms with E-state index in [0.717, 1.165) is 30.0 Å². The molecule has 0 spiro atoms. The summed E-state index contributed by atoms with van der Waals surface area (Å²) in [5, 5.41) is 1.95. The second-order valence-corrected chi connectivity index (χ2v) is 8.59. The van der Waals surface area contributed by atoms with Gasteiger partial charge in [-0.3, -0.25) is 0 Å². The molecule has 0 aromatic heterocycles. The normalized spacial score (nSPS) is 11.5. The van der Waals surface area contributed by atoms with Crippen molar-refractivity contribution in [2.75, 3.05) is 0 Å². The molecule has 0 amide bonds. The predicted molar refractivity (Wildman–Crippen MR) is 108 cm³/mol. The second-order valence-electron chi connectivity index (χ2n) is 7.21. The van der Waals surface area contributed by atoms with E-state index in [0.29, 0.717) is 0 Å². The average molecular weight is 399 g/mol. The summed E-state index contributed by atoms with van der Waals surface area (Å²) in [6.07, 6.45) is 11.6. The van der Waals surface area contributed by atoms with Gasteiger partial charge < -0.3 is 4.55 Å². The molecule has 0 saturated heterocycles. The second kappa shape index (κ2) is 12.2. The van der Waals surface area contributed by atoms with E-state index in [1.54, 1.807) is 12.1 Å². The van der Waals surface area contributed by atoms with E-state index in [1.807, 2.05) is 0 Å². The molecule has 0 N–H and O–H groups in total. The zero-order valence-corrected chi connectivity index (χ0v) is 19.9. The minimum atomic E-state index is -4.42. The monoisotopic (exact) mass is 398 g/mol. The van der Waals surface area contributed by atoms with E-state index in [-0.39, 0.29) is 34.5 Å². The topological polar surface area (TPSA) is 57.2 Å². The molecule has 0 fully saturated rings. The third-order valence-electron chi connectivity index (χ3n) is 4.98. The summed E-state index contributed by atoms with van der Waals surface area (Å²) in [4.78, 5) is -0.129. The van der Waals surface area contributed by atoms with Crippen LogP contribution in [0.4, 0.5) is 0 Å². The molecule has 27 heavy (non-hydrogen) atoms. The van der Waals surface area contributed by atoms with Crippen LogP contribution >= 0.6 is 0 Å². The Hall–Kier alpha value is -0.390. The van der Waals surface area contributed by atoms with Crippen LogP contribution < -0.4 is 29.6 Å². The maximum atomic E-state index is 11.4. The van der Waals surface area contributed by atoms with E-state index >= 15 is 0 Å². The van der Waals surface area contributed by atoms with Crippen LogP contribution in [0.5, 0.6) is 0 Å². The van der Waals surface area contributed by atoms with E-state index in [9.17, 15) is 13.0 Å². The van der Waals surface area contributed by atoms with Crippen LogP contribution in [-0.4, -0.2) is 13.0 Å². The van der Waals surface area contributed by atoms with E-state index in [2.05, 4.69) is 26.0 Å². The molecule has 0 radical (unpaired) electrons. The predicted octanol–water partition coefficient (Wildman–Crippen LogP) is 2.99. The zero-order valence-electron chi connectivity index (χ0n) is 17.1. The van der Waals surface area contributed by atoms with Crippen LogP contribution in [0.1, 0.15) is 76.3 Å². The summed E-state index contributed by atoms with van der Waals surface area (Å²) >= 11 is 0. The van der Waals surface area contributed by atoms with Crippen LogP contribution in [-0.2, 0) is 23.0 Å². The van der Waals surface area contributed by atoms with E-state index in [1.165, 1.54) is 62.1 Å². The van der Waals surface area contributed by atoms with Gasteiger partial charge in [0.2, 0.25) is 0 Å². The Morgan fingerprint density at radius 1 is 0.815 bits per heavy atom. The molecule has 2 rings (SSSR count). The first kappa shape index (κ1) is 24.6. The number of fused-ring (bicyclic) bond motifs is 1. The minimum absolute atomic E-state index is 0. The Bertz CT molecular complexity index is 816. The largest absolute Gasteiger partial charge is 1.00 e. The van der Waals surface area contributed by atoms with Crippen molar-refractivity contribution in [3.8, 4) is 0 Å². The summed E-state index contributed by atoms with van der Waals surface area (Å²) in [6.45, 7) is 4.41. The summed E-state index contributed by atoms with van der Waals surface area (Å²) in [7, 11) is -4.42. The van der Waals surface area contributed by atoms with Crippen molar-refractivity contribution >= 4 is 20.9 Å². The summed E-state index contributed by atoms with van der Waals surface area (Å²) in [6, 6.07) is 9.16. The van der Waals surface area contributed by atoms with Crippen LogP contribution in [0, 0.1) is 0 Å². The SMILES string of the molecule is CCCCCCc1cc(CCCCCC)c2cc(S(=O)(=O)[O-])ccc2c1.[Na+]. The molecule has 0 bridgehead atoms. The quantitative estimate of drug-likeness (QED) is 0.332. The van der Waals surface area contributed by atoms with Crippen LogP contribution in [0.15, 0.2) is 35.2 Å². The Balaban J connectivity index is 0.00000364. The standard InChI is InChI=1S/C22H32O3S.Na/c1-3-5-7-9-11-18-15-19(12-10-8-6-4-2)22-17-21(26(23,24)25)14-13-20(22)16-18;/h13-17H,3-12H2,1-2H3,(H,23,24,25);/q;+1/p-1. The summed E-state index contributed by atoms with van der Waals surface area (Å²) in [5.74, 6) is 0. The molecule has 0 aliphatic rings. The van der Waals surface area contributed by atoms with Crippen LogP contribution in [0.25, 0.3) is 10.8 Å². The van der Waals surface area contributed by atoms with Gasteiger partial charge in [-0.25, -0.2) is 8.42 Å². The molecule has 0 atom stereocenters. The fourth-order valence-corrected chi connectivity index (χ4v) is 3.98. The average Bonchev–Trinajstić information content (AvgIpc) is 2.61. The maximum absolute atomic E-state index is 11.4. The minimum Gasteiger partial charge on any atom is -0.744 e. The number of rotatable bonds is 11. The molecule has 0 aliphatic carbocycles. The van der Waals surface area contributed by atoms with Crippen LogP contribution in [0.3, 0.4) is 0 Å². The molecule has 5 heteroatoms. The fraction of sp³-hybridized carbons (Fsp3) is 0.545. The van der Waals surface area contributed by atoms with Crippen molar-refractivity contribution in [3.63, 3.8) is 0 Å². The molecular formula is C22H31NaO3S. The number of aryl methyl sites for hydroxylation is 2. The summed E-state index contributed by atoms with van der Waals surface area (Å²) in [5.41, 5.74) is 2.49. The molecule has 0 unspecified atom stereocenters. The zero-order chi connectivity index (χ0) is 19.0. The van der Waals surface area contributed by atoms with E-state index < -0.39 is 10.1 Å². The van der Waals surface area contributed by atoms with Crippen molar-refractivity contribution in [1.82, 2.24) is 0 Å². The van der Waals surface area contributed by atoms with Gasteiger partial charge in [0.05, 0.1) is 4.90 Å². The van der Waals surface area contributed by atoms with Gasteiger partial charge in [-0.05, 0) is 59.7 Å². The van der Waals surface area contributed by atoms with Crippen molar-refractivity contribution in [3.05, 3.63) is 41.5 Å². The molecule has 0 saturated carbocycles. The maximum Gasteiger partial charge on any atom is 1.00 e. The number of unbranched alkanes of at least 4 members (excludes halogenated alkanes) is 6. The third-order valence-corrected chi connectivity index (χ3v) is 5.81. The molecule has 0 aliphatic heterocycles. The van der Waals surface area contributed by atoms with E-state index in [4.69, 9.17) is 0 Å². The first-order valence-electron chi connectivity index (χ1n) is 9.97. The van der Waals surface area contributed by atoms with Crippen molar-refractivity contribution in [1.29, 1.82) is 0 Å². The van der Waals surface area contributed by atoms with Gasteiger partial charge >= 0.3 is 29.6 Å². The van der Waals surface area contributed by atoms with Gasteiger partial charge in [0, 0.05) is 0 Å². The Labute approximate surface area is 187 Å². The van der Waals surface area contributed by atoms with Gasteiger partial charge in [-0.2, -0.15) is 0 Å². The fourth-order valence-electron chi connectivity index (χ4n) is 3.49. The molecule has 144 valence electrons. The van der Waals surface area contributed by atoms with Crippen LogP contribution in [0.2, 0.25) is 0 Å². The van der Waals surface area contributed by atoms with Gasteiger partial charge in [0.1, 0.15) is 10.1 Å². The Kier molecular flexibility index (Phi) is 11.2. The molecule has 0 heterocycles. The molecule has 2 aromatic carbocycles. The number of hydrogen-bond acceptors (Lipinski definition) is 3. The third kappa shape index (κ3) is 7.86. The van der Waals surface area contributed by atoms with Gasteiger partial charge in [-0.15, -0.1) is 0 Å². The number of hydrogen-bond donors (Lipinski definition) is 0. The Morgan fingerprint density at radius 2 is 1.44 bits per heavy atom. The summed E-state index contributed by atoms with van der Waals surface area (Å²) < 4.78 is 34.2. The van der Waals surface area contributed by atoms with Gasteiger partial charge in [0.25, 0.3) is 0 Å². The number of benzene rings is 2. The first-order valence-corrected chi connectivity index (χ1v) is 11.4. The van der Waals surface area contributed by atoms with Gasteiger partial charge in [-0.1, -0.05) is 70.6 Å². The molecular weight excluding hydrogens is 367 g/mol. The smallest absolute Gasteiger partial charge is 0.744 e. The first-order chi connectivity index (χ1) is 12.5. The van der Waals surface area contributed by atoms with Crippen molar-refractivity contribution in [2.45, 2.75) is 83.0 Å². The molecule has 3 nitrogen and oxygen atoms in total.